The zero-order valence-electron chi connectivity index (χ0n) is 11.5. The first kappa shape index (κ1) is 13.7. The number of rotatable bonds is 6. The van der Waals surface area contributed by atoms with E-state index in [1.54, 1.807) is 6.92 Å². The predicted octanol–water partition coefficient (Wildman–Crippen LogP) is 2.19. The van der Waals surface area contributed by atoms with Gasteiger partial charge in [0.1, 0.15) is 5.78 Å². The molecule has 1 heterocycles. The van der Waals surface area contributed by atoms with Crippen molar-refractivity contribution in [2.24, 2.45) is 5.92 Å². The normalized spacial score (nSPS) is 12.8. The lowest BCUT2D eigenvalue weighted by Gasteiger charge is -2.10. The molecule has 0 aliphatic heterocycles. The van der Waals surface area contributed by atoms with Gasteiger partial charge in [0.25, 0.3) is 0 Å². The second-order valence-corrected chi connectivity index (χ2v) is 4.80. The molecule has 0 saturated heterocycles. The molecule has 0 radical (unpaired) electrons. The molecule has 19 heavy (non-hydrogen) atoms. The van der Waals surface area contributed by atoms with E-state index >= 15 is 0 Å². The van der Waals surface area contributed by atoms with Gasteiger partial charge in [-0.2, -0.15) is 5.10 Å². The molecule has 102 valence electrons. The fraction of sp³-hybridized carbons (Fsp3) is 0.467. The summed E-state index contributed by atoms with van der Waals surface area (Å²) in [5, 5.41) is 14.8. The fourth-order valence-corrected chi connectivity index (χ4v) is 2.43. The Balaban J connectivity index is 2.36. The number of hydrogen-bond donors (Lipinski definition) is 1. The molecule has 4 nitrogen and oxygen atoms in total. The first-order chi connectivity index (χ1) is 9.17. The molecule has 2 aromatic rings. The average Bonchev–Trinajstić information content (AvgIpc) is 2.76. The molecule has 0 fully saturated rings. The van der Waals surface area contributed by atoms with E-state index in [9.17, 15) is 4.79 Å². The van der Waals surface area contributed by atoms with E-state index < -0.39 is 0 Å². The minimum atomic E-state index is -0.145. The number of ketones is 1. The van der Waals surface area contributed by atoms with Gasteiger partial charge in [-0.1, -0.05) is 18.2 Å². The van der Waals surface area contributed by atoms with Crippen LogP contribution in [0.4, 0.5) is 0 Å². The molecule has 2 rings (SSSR count). The molecule has 1 aromatic carbocycles. The van der Waals surface area contributed by atoms with Gasteiger partial charge in [0.05, 0.1) is 11.2 Å². The quantitative estimate of drug-likeness (QED) is 0.866. The molecule has 0 aliphatic rings. The number of hydrogen-bond acceptors (Lipinski definition) is 3. The number of carbonyl (C=O) groups is 1. The van der Waals surface area contributed by atoms with Crippen LogP contribution in [0.2, 0.25) is 0 Å². The standard InChI is InChI=1S/C15H20N2O2/c1-3-17-15-7-5-4-6-13(15)14(16-17)10-12(8-9-18)11(2)19/h4-7,12,18H,3,8-10H2,1-2H3. The number of aryl methyl sites for hydroxylation is 1. The van der Waals surface area contributed by atoms with Gasteiger partial charge >= 0.3 is 0 Å². The Labute approximate surface area is 113 Å². The van der Waals surface area contributed by atoms with Gasteiger partial charge in [-0.25, -0.2) is 0 Å². The second-order valence-electron chi connectivity index (χ2n) is 4.80. The Hall–Kier alpha value is -1.68. The van der Waals surface area contributed by atoms with Gasteiger partial charge in [0, 0.05) is 30.9 Å². The molecule has 1 N–H and O–H groups in total. The van der Waals surface area contributed by atoms with Crippen molar-refractivity contribution in [2.75, 3.05) is 6.61 Å². The van der Waals surface area contributed by atoms with E-state index in [1.165, 1.54) is 0 Å². The highest BCUT2D eigenvalue weighted by Crippen LogP contribution is 2.22. The van der Waals surface area contributed by atoms with E-state index in [0.717, 1.165) is 23.1 Å². The van der Waals surface area contributed by atoms with Crippen LogP contribution in [0.25, 0.3) is 10.9 Å². The van der Waals surface area contributed by atoms with Crippen molar-refractivity contribution < 1.29 is 9.90 Å². The molecule has 0 amide bonds. The Kier molecular flexibility index (Phi) is 4.32. The highest BCUT2D eigenvalue weighted by molar-refractivity contribution is 5.83. The molecule has 0 aliphatic carbocycles. The van der Waals surface area contributed by atoms with Crippen molar-refractivity contribution in [1.29, 1.82) is 0 Å². The van der Waals surface area contributed by atoms with E-state index in [4.69, 9.17) is 5.11 Å². The number of aromatic nitrogens is 2. The van der Waals surface area contributed by atoms with Gasteiger partial charge in [0.2, 0.25) is 0 Å². The lowest BCUT2D eigenvalue weighted by Crippen LogP contribution is -2.16. The Bertz CT molecular complexity index is 575. The average molecular weight is 260 g/mol. The second kappa shape index (κ2) is 5.97. The van der Waals surface area contributed by atoms with Crippen molar-refractivity contribution in [3.8, 4) is 0 Å². The Morgan fingerprint density at radius 2 is 2.16 bits per heavy atom. The third-order valence-electron chi connectivity index (χ3n) is 3.53. The number of Topliss-reactive ketones (excluding diaryl/α,β-unsaturated/α-hetero) is 1. The molecule has 4 heteroatoms. The smallest absolute Gasteiger partial charge is 0.133 e. The predicted molar refractivity (Wildman–Crippen MR) is 75.0 cm³/mol. The maximum Gasteiger partial charge on any atom is 0.133 e. The van der Waals surface area contributed by atoms with Gasteiger partial charge < -0.3 is 5.11 Å². The summed E-state index contributed by atoms with van der Waals surface area (Å²) >= 11 is 0. The number of aliphatic hydroxyl groups excluding tert-OH is 1. The highest BCUT2D eigenvalue weighted by Gasteiger charge is 2.18. The summed E-state index contributed by atoms with van der Waals surface area (Å²) in [5.41, 5.74) is 2.05. The van der Waals surface area contributed by atoms with Gasteiger partial charge in [-0.15, -0.1) is 0 Å². The van der Waals surface area contributed by atoms with Crippen LogP contribution in [0.15, 0.2) is 24.3 Å². The van der Waals surface area contributed by atoms with Crippen LogP contribution in [-0.4, -0.2) is 27.3 Å². The summed E-state index contributed by atoms with van der Waals surface area (Å²) in [6.45, 7) is 4.49. The Morgan fingerprint density at radius 1 is 1.42 bits per heavy atom. The minimum Gasteiger partial charge on any atom is -0.396 e. The summed E-state index contributed by atoms with van der Waals surface area (Å²) in [7, 11) is 0. The first-order valence-electron chi connectivity index (χ1n) is 6.73. The summed E-state index contributed by atoms with van der Waals surface area (Å²) in [6.07, 6.45) is 1.10. The van der Waals surface area contributed by atoms with Crippen LogP contribution in [0.5, 0.6) is 0 Å². The molecule has 0 bridgehead atoms. The number of para-hydroxylation sites is 1. The number of aliphatic hydroxyl groups is 1. The zero-order valence-corrected chi connectivity index (χ0v) is 11.5. The van der Waals surface area contributed by atoms with Crippen LogP contribution >= 0.6 is 0 Å². The summed E-state index contributed by atoms with van der Waals surface area (Å²) in [5.74, 6) is -0.0298. The number of carbonyl (C=O) groups excluding carboxylic acids is 1. The number of nitrogens with zero attached hydrogens (tertiary/aromatic N) is 2. The van der Waals surface area contributed by atoms with Gasteiger partial charge in [-0.3, -0.25) is 9.48 Å². The van der Waals surface area contributed by atoms with Crippen molar-refractivity contribution in [3.05, 3.63) is 30.0 Å². The highest BCUT2D eigenvalue weighted by atomic mass is 16.3. The molecular weight excluding hydrogens is 240 g/mol. The topological polar surface area (TPSA) is 55.1 Å². The third-order valence-corrected chi connectivity index (χ3v) is 3.53. The molecule has 1 atom stereocenters. The van der Waals surface area contributed by atoms with E-state index in [-0.39, 0.29) is 18.3 Å². The lowest BCUT2D eigenvalue weighted by molar-refractivity contribution is -0.121. The fourth-order valence-electron chi connectivity index (χ4n) is 2.43. The summed E-state index contributed by atoms with van der Waals surface area (Å²) < 4.78 is 1.96. The van der Waals surface area contributed by atoms with Gasteiger partial charge in [-0.05, 0) is 26.3 Å². The largest absolute Gasteiger partial charge is 0.396 e. The number of benzene rings is 1. The summed E-state index contributed by atoms with van der Waals surface area (Å²) in [6, 6.07) is 8.07. The molecule has 1 aromatic heterocycles. The third kappa shape index (κ3) is 2.84. The van der Waals surface area contributed by atoms with Gasteiger partial charge in [0.15, 0.2) is 0 Å². The van der Waals surface area contributed by atoms with Crippen molar-refractivity contribution >= 4 is 16.7 Å². The maximum atomic E-state index is 11.6. The minimum absolute atomic E-state index is 0.0384. The molecule has 0 saturated carbocycles. The van der Waals surface area contributed by atoms with Crippen LogP contribution in [-0.2, 0) is 17.8 Å². The monoisotopic (exact) mass is 260 g/mol. The van der Waals surface area contributed by atoms with Crippen LogP contribution in [0.3, 0.4) is 0 Å². The van der Waals surface area contributed by atoms with Crippen molar-refractivity contribution in [3.63, 3.8) is 0 Å². The van der Waals surface area contributed by atoms with Crippen molar-refractivity contribution in [1.82, 2.24) is 9.78 Å². The van der Waals surface area contributed by atoms with Crippen LogP contribution in [0, 0.1) is 5.92 Å². The molecule has 0 spiro atoms. The zero-order chi connectivity index (χ0) is 13.8. The molecule has 1 unspecified atom stereocenters. The van der Waals surface area contributed by atoms with Crippen LogP contribution < -0.4 is 0 Å². The Morgan fingerprint density at radius 3 is 2.79 bits per heavy atom. The SMILES string of the molecule is CCn1nc(CC(CCO)C(C)=O)c2ccccc21. The van der Waals surface area contributed by atoms with E-state index in [1.807, 2.05) is 28.9 Å². The summed E-state index contributed by atoms with van der Waals surface area (Å²) in [4.78, 5) is 11.6. The van der Waals surface area contributed by atoms with Crippen molar-refractivity contribution in [2.45, 2.75) is 33.2 Å². The number of fused-ring (bicyclic) bond motifs is 1. The van der Waals surface area contributed by atoms with E-state index in [0.29, 0.717) is 12.8 Å². The lowest BCUT2D eigenvalue weighted by atomic mass is 9.95. The maximum absolute atomic E-state index is 11.6. The van der Waals surface area contributed by atoms with Crippen LogP contribution in [0.1, 0.15) is 26.0 Å². The molecular formula is C15H20N2O2. The van der Waals surface area contributed by atoms with E-state index in [2.05, 4.69) is 12.0 Å². The first-order valence-corrected chi connectivity index (χ1v) is 6.73.